The Bertz CT molecular complexity index is 572. The number of benzene rings is 1. The predicted octanol–water partition coefficient (Wildman–Crippen LogP) is 2.18. The number of nitrogen functional groups attached to an aromatic ring is 1. The zero-order chi connectivity index (χ0) is 13.0. The molecule has 0 bridgehead atoms. The van der Waals surface area contributed by atoms with E-state index in [1.807, 2.05) is 6.07 Å². The van der Waals surface area contributed by atoms with Crippen molar-refractivity contribution in [2.24, 2.45) is 0 Å². The first-order valence-corrected chi connectivity index (χ1v) is 5.34. The predicted molar refractivity (Wildman–Crippen MR) is 69.1 cm³/mol. The number of nitrogens with one attached hydrogen (secondary N) is 1. The summed E-state index contributed by atoms with van der Waals surface area (Å²) in [6, 6.07) is 9.85. The van der Waals surface area contributed by atoms with Crippen LogP contribution in [-0.2, 0) is 6.54 Å². The van der Waals surface area contributed by atoms with Crippen LogP contribution < -0.4 is 11.1 Å². The molecule has 18 heavy (non-hydrogen) atoms. The van der Waals surface area contributed by atoms with E-state index in [0.29, 0.717) is 18.1 Å². The summed E-state index contributed by atoms with van der Waals surface area (Å²) in [5, 5.41) is 13.7. The molecule has 0 aliphatic heterocycles. The Morgan fingerprint density at radius 3 is 2.89 bits per heavy atom. The molecular formula is C12H12N4O2. The molecule has 92 valence electrons. The highest BCUT2D eigenvalue weighted by Crippen LogP contribution is 2.15. The van der Waals surface area contributed by atoms with E-state index in [1.54, 1.807) is 24.4 Å². The topological polar surface area (TPSA) is 94.1 Å². The van der Waals surface area contributed by atoms with Crippen molar-refractivity contribution in [3.8, 4) is 0 Å². The number of non-ortho nitro benzene ring substituents is 1. The molecule has 0 aliphatic carbocycles. The van der Waals surface area contributed by atoms with E-state index in [0.717, 1.165) is 5.56 Å². The van der Waals surface area contributed by atoms with E-state index in [4.69, 9.17) is 5.73 Å². The van der Waals surface area contributed by atoms with E-state index in [2.05, 4.69) is 10.3 Å². The van der Waals surface area contributed by atoms with Crippen LogP contribution in [0.25, 0.3) is 0 Å². The maximum atomic E-state index is 10.6. The average Bonchev–Trinajstić information content (AvgIpc) is 2.37. The summed E-state index contributed by atoms with van der Waals surface area (Å²) in [6.45, 7) is 0.456. The molecule has 6 heteroatoms. The second-order valence-corrected chi connectivity index (χ2v) is 3.75. The molecule has 2 rings (SSSR count). The fourth-order valence-corrected chi connectivity index (χ4v) is 1.52. The van der Waals surface area contributed by atoms with E-state index in [-0.39, 0.29) is 5.69 Å². The fraction of sp³-hybridized carbons (Fsp3) is 0.0833. The molecule has 0 radical (unpaired) electrons. The van der Waals surface area contributed by atoms with Gasteiger partial charge in [-0.15, -0.1) is 0 Å². The highest BCUT2D eigenvalue weighted by Gasteiger charge is 2.05. The van der Waals surface area contributed by atoms with Gasteiger partial charge in [0, 0.05) is 36.6 Å². The Morgan fingerprint density at radius 2 is 2.17 bits per heavy atom. The molecule has 0 atom stereocenters. The molecule has 0 spiro atoms. The van der Waals surface area contributed by atoms with Crippen LogP contribution >= 0.6 is 0 Å². The zero-order valence-electron chi connectivity index (χ0n) is 9.54. The summed E-state index contributed by atoms with van der Waals surface area (Å²) in [6.07, 6.45) is 1.60. The van der Waals surface area contributed by atoms with Crippen LogP contribution in [0.15, 0.2) is 42.6 Å². The largest absolute Gasteiger partial charge is 0.399 e. The summed E-state index contributed by atoms with van der Waals surface area (Å²) >= 11 is 0. The van der Waals surface area contributed by atoms with Crippen molar-refractivity contribution in [2.45, 2.75) is 6.54 Å². The molecule has 1 aromatic carbocycles. The molecule has 0 saturated carbocycles. The van der Waals surface area contributed by atoms with Crippen LogP contribution in [0.5, 0.6) is 0 Å². The lowest BCUT2D eigenvalue weighted by molar-refractivity contribution is -0.384. The molecule has 0 saturated heterocycles. The fourth-order valence-electron chi connectivity index (χ4n) is 1.52. The first-order chi connectivity index (χ1) is 8.65. The van der Waals surface area contributed by atoms with Crippen molar-refractivity contribution in [3.05, 3.63) is 58.3 Å². The minimum Gasteiger partial charge on any atom is -0.399 e. The van der Waals surface area contributed by atoms with Gasteiger partial charge in [0.2, 0.25) is 0 Å². The molecular weight excluding hydrogens is 232 g/mol. The van der Waals surface area contributed by atoms with E-state index in [9.17, 15) is 10.1 Å². The number of hydrogen-bond donors (Lipinski definition) is 2. The molecule has 1 aromatic heterocycles. The monoisotopic (exact) mass is 244 g/mol. The van der Waals surface area contributed by atoms with Gasteiger partial charge < -0.3 is 11.1 Å². The third-order valence-electron chi connectivity index (χ3n) is 2.38. The van der Waals surface area contributed by atoms with Crippen LogP contribution in [0.1, 0.15) is 5.56 Å². The van der Waals surface area contributed by atoms with Crippen molar-refractivity contribution in [3.63, 3.8) is 0 Å². The van der Waals surface area contributed by atoms with E-state index in [1.165, 1.54) is 12.1 Å². The van der Waals surface area contributed by atoms with Gasteiger partial charge in [-0.25, -0.2) is 4.98 Å². The van der Waals surface area contributed by atoms with Gasteiger partial charge in [-0.05, 0) is 11.6 Å². The minimum atomic E-state index is -0.414. The van der Waals surface area contributed by atoms with Gasteiger partial charge in [-0.1, -0.05) is 12.1 Å². The van der Waals surface area contributed by atoms with Crippen molar-refractivity contribution in [1.29, 1.82) is 0 Å². The maximum absolute atomic E-state index is 10.6. The Labute approximate surface area is 104 Å². The SMILES string of the molecule is Nc1ccnc(NCc2cccc([N+](=O)[O-])c2)c1. The van der Waals surface area contributed by atoms with Crippen LogP contribution in [0.4, 0.5) is 17.2 Å². The summed E-state index contributed by atoms with van der Waals surface area (Å²) in [5.74, 6) is 0.640. The molecule has 0 fully saturated rings. The summed E-state index contributed by atoms with van der Waals surface area (Å²) in [5.41, 5.74) is 7.13. The lowest BCUT2D eigenvalue weighted by Crippen LogP contribution is -2.02. The first-order valence-electron chi connectivity index (χ1n) is 5.34. The molecule has 6 nitrogen and oxygen atoms in total. The third kappa shape index (κ3) is 2.94. The number of nitro groups is 1. The number of nitrogens with zero attached hydrogens (tertiary/aromatic N) is 2. The van der Waals surface area contributed by atoms with Gasteiger partial charge in [-0.2, -0.15) is 0 Å². The Morgan fingerprint density at radius 1 is 1.33 bits per heavy atom. The van der Waals surface area contributed by atoms with Crippen LogP contribution in [0.2, 0.25) is 0 Å². The normalized spacial score (nSPS) is 10.0. The molecule has 0 amide bonds. The lowest BCUT2D eigenvalue weighted by atomic mass is 10.2. The van der Waals surface area contributed by atoms with Gasteiger partial charge >= 0.3 is 0 Å². The van der Waals surface area contributed by atoms with Crippen molar-refractivity contribution in [2.75, 3.05) is 11.1 Å². The average molecular weight is 244 g/mol. The Kier molecular flexibility index (Phi) is 3.38. The number of hydrogen-bond acceptors (Lipinski definition) is 5. The molecule has 0 unspecified atom stereocenters. The van der Waals surface area contributed by atoms with Gasteiger partial charge in [0.1, 0.15) is 5.82 Å². The summed E-state index contributed by atoms with van der Waals surface area (Å²) < 4.78 is 0. The van der Waals surface area contributed by atoms with Gasteiger partial charge in [0.15, 0.2) is 0 Å². The highest BCUT2D eigenvalue weighted by atomic mass is 16.6. The number of nitrogens with two attached hydrogens (primary N) is 1. The summed E-state index contributed by atoms with van der Waals surface area (Å²) in [4.78, 5) is 14.3. The number of nitro benzene ring substituents is 1. The quantitative estimate of drug-likeness (QED) is 0.635. The number of anilines is 2. The molecule has 2 aromatic rings. The smallest absolute Gasteiger partial charge is 0.269 e. The summed E-state index contributed by atoms with van der Waals surface area (Å²) in [7, 11) is 0. The highest BCUT2D eigenvalue weighted by molar-refractivity contribution is 5.48. The number of aromatic nitrogens is 1. The maximum Gasteiger partial charge on any atom is 0.269 e. The first kappa shape index (κ1) is 11.8. The molecule has 1 heterocycles. The van der Waals surface area contributed by atoms with Crippen LogP contribution in [0, 0.1) is 10.1 Å². The second kappa shape index (κ2) is 5.13. The van der Waals surface area contributed by atoms with Gasteiger partial charge in [0.25, 0.3) is 5.69 Å². The standard InChI is InChI=1S/C12H12N4O2/c13-10-4-5-14-12(7-10)15-8-9-2-1-3-11(6-9)16(17)18/h1-7H,8H2,(H3,13,14,15). The zero-order valence-corrected chi connectivity index (χ0v) is 9.54. The van der Waals surface area contributed by atoms with Crippen LogP contribution in [-0.4, -0.2) is 9.91 Å². The van der Waals surface area contributed by atoms with E-state index < -0.39 is 4.92 Å². The minimum absolute atomic E-state index is 0.0786. The third-order valence-corrected chi connectivity index (χ3v) is 2.38. The Balaban J connectivity index is 2.06. The molecule has 0 aliphatic rings. The van der Waals surface area contributed by atoms with Gasteiger partial charge in [0.05, 0.1) is 4.92 Å². The van der Waals surface area contributed by atoms with E-state index >= 15 is 0 Å². The number of rotatable bonds is 4. The molecule has 3 N–H and O–H groups in total. The Hall–Kier alpha value is -2.63. The van der Waals surface area contributed by atoms with Crippen molar-refractivity contribution >= 4 is 17.2 Å². The number of pyridine rings is 1. The van der Waals surface area contributed by atoms with Crippen LogP contribution in [0.3, 0.4) is 0 Å². The second-order valence-electron chi connectivity index (χ2n) is 3.75. The lowest BCUT2D eigenvalue weighted by Gasteiger charge is -2.05. The van der Waals surface area contributed by atoms with Crippen molar-refractivity contribution in [1.82, 2.24) is 4.98 Å². The van der Waals surface area contributed by atoms with Gasteiger partial charge in [-0.3, -0.25) is 10.1 Å². The van der Waals surface area contributed by atoms with Crippen molar-refractivity contribution < 1.29 is 4.92 Å².